The summed E-state index contributed by atoms with van der Waals surface area (Å²) in [6.45, 7) is 0. The van der Waals surface area contributed by atoms with Gasteiger partial charge < -0.3 is 5.73 Å². The molecule has 2 rings (SSSR count). The molecule has 1 heterocycles. The van der Waals surface area contributed by atoms with E-state index in [1.54, 1.807) is 16.7 Å². The van der Waals surface area contributed by atoms with Gasteiger partial charge in [-0.1, -0.05) is 18.2 Å². The van der Waals surface area contributed by atoms with Gasteiger partial charge in [0.25, 0.3) is 0 Å². The fourth-order valence-electron chi connectivity index (χ4n) is 1.22. The molecule has 1 aromatic rings. The molecule has 1 unspecified atom stereocenters. The van der Waals surface area contributed by atoms with Gasteiger partial charge in [0, 0.05) is 11.4 Å². The van der Waals surface area contributed by atoms with Crippen molar-refractivity contribution in [2.45, 2.75) is 5.37 Å². The van der Waals surface area contributed by atoms with Crippen LogP contribution in [0.4, 0.5) is 10.5 Å². The van der Waals surface area contributed by atoms with Gasteiger partial charge in [-0.05, 0) is 12.1 Å². The SMILES string of the molecule is NC(=O)N(c1ccccc1)C1CS1. The van der Waals surface area contributed by atoms with Crippen molar-refractivity contribution in [3.05, 3.63) is 30.3 Å². The van der Waals surface area contributed by atoms with Crippen molar-refractivity contribution < 1.29 is 4.79 Å². The van der Waals surface area contributed by atoms with Gasteiger partial charge in [0.2, 0.25) is 0 Å². The van der Waals surface area contributed by atoms with E-state index in [0.717, 1.165) is 11.4 Å². The summed E-state index contributed by atoms with van der Waals surface area (Å²) in [6, 6.07) is 9.13. The van der Waals surface area contributed by atoms with Crippen LogP contribution in [0.2, 0.25) is 0 Å². The monoisotopic (exact) mass is 194 g/mol. The van der Waals surface area contributed by atoms with Crippen molar-refractivity contribution in [2.24, 2.45) is 5.73 Å². The van der Waals surface area contributed by atoms with E-state index in [9.17, 15) is 4.79 Å². The fraction of sp³-hybridized carbons (Fsp3) is 0.222. The van der Waals surface area contributed by atoms with E-state index in [2.05, 4.69) is 0 Å². The Morgan fingerprint density at radius 3 is 2.54 bits per heavy atom. The van der Waals surface area contributed by atoms with Crippen molar-refractivity contribution >= 4 is 23.5 Å². The summed E-state index contributed by atoms with van der Waals surface area (Å²) in [5.41, 5.74) is 6.16. The van der Waals surface area contributed by atoms with Gasteiger partial charge in [-0.15, -0.1) is 11.8 Å². The number of primary amides is 1. The van der Waals surface area contributed by atoms with Gasteiger partial charge >= 0.3 is 6.03 Å². The minimum atomic E-state index is -0.374. The Balaban J connectivity index is 2.25. The highest BCUT2D eigenvalue weighted by molar-refractivity contribution is 8.07. The van der Waals surface area contributed by atoms with Crippen LogP contribution < -0.4 is 10.6 Å². The topological polar surface area (TPSA) is 46.3 Å². The van der Waals surface area contributed by atoms with Crippen LogP contribution in [0, 0.1) is 0 Å². The molecular weight excluding hydrogens is 184 g/mol. The van der Waals surface area contributed by atoms with Crippen LogP contribution in [-0.4, -0.2) is 17.2 Å². The van der Waals surface area contributed by atoms with Crippen LogP contribution in [0.3, 0.4) is 0 Å². The molecule has 68 valence electrons. The Labute approximate surface area is 80.9 Å². The summed E-state index contributed by atoms with van der Waals surface area (Å²) in [5.74, 6) is 0.984. The molecule has 1 saturated heterocycles. The number of anilines is 1. The molecule has 0 bridgehead atoms. The van der Waals surface area contributed by atoms with Gasteiger partial charge in [0.05, 0.1) is 5.37 Å². The number of nitrogens with zero attached hydrogens (tertiary/aromatic N) is 1. The van der Waals surface area contributed by atoms with E-state index in [0.29, 0.717) is 0 Å². The Hall–Kier alpha value is -1.16. The van der Waals surface area contributed by atoms with Crippen LogP contribution >= 0.6 is 11.8 Å². The quantitative estimate of drug-likeness (QED) is 0.727. The molecule has 1 aromatic carbocycles. The second kappa shape index (κ2) is 3.30. The largest absolute Gasteiger partial charge is 0.351 e. The lowest BCUT2D eigenvalue weighted by Crippen LogP contribution is -2.37. The van der Waals surface area contributed by atoms with Crippen molar-refractivity contribution in [3.8, 4) is 0 Å². The average molecular weight is 194 g/mol. The normalized spacial score (nSPS) is 19.5. The number of urea groups is 1. The first kappa shape index (κ1) is 8.44. The lowest BCUT2D eigenvalue weighted by atomic mass is 10.3. The Kier molecular flexibility index (Phi) is 2.14. The van der Waals surface area contributed by atoms with Gasteiger partial charge in [0.15, 0.2) is 0 Å². The zero-order valence-corrected chi connectivity index (χ0v) is 7.83. The molecule has 2 amide bonds. The molecule has 4 heteroatoms. The van der Waals surface area contributed by atoms with Gasteiger partial charge in [-0.3, -0.25) is 4.90 Å². The lowest BCUT2D eigenvalue weighted by Gasteiger charge is -2.18. The molecule has 3 nitrogen and oxygen atoms in total. The number of benzene rings is 1. The first-order valence-electron chi connectivity index (χ1n) is 4.04. The number of carbonyl (C=O) groups excluding carboxylic acids is 1. The third kappa shape index (κ3) is 1.78. The predicted molar refractivity (Wildman–Crippen MR) is 54.8 cm³/mol. The molecule has 0 aromatic heterocycles. The van der Waals surface area contributed by atoms with E-state index in [1.807, 2.05) is 30.3 Å². The summed E-state index contributed by atoms with van der Waals surface area (Å²) in [5, 5.41) is 0.250. The van der Waals surface area contributed by atoms with E-state index in [-0.39, 0.29) is 11.4 Å². The summed E-state index contributed by atoms with van der Waals surface area (Å²) in [7, 11) is 0. The number of hydrogen-bond acceptors (Lipinski definition) is 2. The molecule has 1 aliphatic heterocycles. The van der Waals surface area contributed by atoms with Crippen LogP contribution in [-0.2, 0) is 0 Å². The second-order valence-electron chi connectivity index (χ2n) is 2.83. The minimum Gasteiger partial charge on any atom is -0.351 e. The molecule has 1 atom stereocenters. The van der Waals surface area contributed by atoms with Gasteiger partial charge in [0.1, 0.15) is 0 Å². The molecule has 0 saturated carbocycles. The summed E-state index contributed by atoms with van der Waals surface area (Å²) in [6.07, 6.45) is 0. The lowest BCUT2D eigenvalue weighted by molar-refractivity contribution is 0.254. The Morgan fingerprint density at radius 2 is 2.08 bits per heavy atom. The van der Waals surface area contributed by atoms with Crippen molar-refractivity contribution in [2.75, 3.05) is 10.7 Å². The van der Waals surface area contributed by atoms with Gasteiger partial charge in [-0.2, -0.15) is 0 Å². The summed E-state index contributed by atoms with van der Waals surface area (Å²) >= 11 is 1.72. The number of thioether (sulfide) groups is 1. The maximum Gasteiger partial charge on any atom is 0.320 e. The van der Waals surface area contributed by atoms with Crippen molar-refractivity contribution in [3.63, 3.8) is 0 Å². The third-order valence-corrected chi connectivity index (χ3v) is 2.72. The highest BCUT2D eigenvalue weighted by atomic mass is 32.2. The first-order valence-corrected chi connectivity index (χ1v) is 5.09. The van der Waals surface area contributed by atoms with Crippen LogP contribution in [0.5, 0.6) is 0 Å². The zero-order valence-electron chi connectivity index (χ0n) is 7.01. The van der Waals surface area contributed by atoms with Crippen molar-refractivity contribution in [1.29, 1.82) is 0 Å². The van der Waals surface area contributed by atoms with Crippen LogP contribution in [0.15, 0.2) is 30.3 Å². The van der Waals surface area contributed by atoms with Crippen LogP contribution in [0.1, 0.15) is 0 Å². The Morgan fingerprint density at radius 1 is 1.46 bits per heavy atom. The number of amides is 2. The molecule has 13 heavy (non-hydrogen) atoms. The number of nitrogens with two attached hydrogens (primary N) is 1. The highest BCUT2D eigenvalue weighted by Gasteiger charge is 2.33. The minimum absolute atomic E-state index is 0.250. The number of hydrogen-bond donors (Lipinski definition) is 1. The van der Waals surface area contributed by atoms with E-state index >= 15 is 0 Å². The Bertz CT molecular complexity index is 311. The summed E-state index contributed by atoms with van der Waals surface area (Å²) < 4.78 is 0. The standard InChI is InChI=1S/C9H10N2OS/c10-9(12)11(8-6-13-8)7-4-2-1-3-5-7/h1-5,8H,6H2,(H2,10,12). The van der Waals surface area contributed by atoms with E-state index in [1.165, 1.54) is 0 Å². The molecule has 0 aliphatic carbocycles. The number of rotatable bonds is 2. The average Bonchev–Trinajstić information content (AvgIpc) is 2.90. The zero-order chi connectivity index (χ0) is 9.26. The van der Waals surface area contributed by atoms with Gasteiger partial charge in [-0.25, -0.2) is 4.79 Å². The van der Waals surface area contributed by atoms with Crippen molar-refractivity contribution in [1.82, 2.24) is 0 Å². The number of carbonyl (C=O) groups is 1. The van der Waals surface area contributed by atoms with E-state index < -0.39 is 0 Å². The molecular formula is C9H10N2OS. The molecule has 0 radical (unpaired) electrons. The molecule has 1 fully saturated rings. The highest BCUT2D eigenvalue weighted by Crippen LogP contribution is 2.36. The molecule has 0 spiro atoms. The first-order chi connectivity index (χ1) is 6.29. The van der Waals surface area contributed by atoms with Crippen LogP contribution in [0.25, 0.3) is 0 Å². The van der Waals surface area contributed by atoms with E-state index in [4.69, 9.17) is 5.73 Å². The second-order valence-corrected chi connectivity index (χ2v) is 4.04. The number of para-hydroxylation sites is 1. The third-order valence-electron chi connectivity index (χ3n) is 1.88. The molecule has 1 aliphatic rings. The fourth-order valence-corrected chi connectivity index (χ4v) is 1.83. The maximum atomic E-state index is 11.1. The molecule has 2 N–H and O–H groups in total. The maximum absolute atomic E-state index is 11.1. The predicted octanol–water partition coefficient (Wildman–Crippen LogP) is 1.64. The smallest absolute Gasteiger partial charge is 0.320 e. The summed E-state index contributed by atoms with van der Waals surface area (Å²) in [4.78, 5) is 12.7.